The predicted molar refractivity (Wildman–Crippen MR) is 64.2 cm³/mol. The van der Waals surface area contributed by atoms with Gasteiger partial charge in [-0.25, -0.2) is 4.39 Å². The van der Waals surface area contributed by atoms with Crippen LogP contribution in [0.15, 0.2) is 12.1 Å². The molecule has 0 unspecified atom stereocenters. The predicted octanol–water partition coefficient (Wildman–Crippen LogP) is 4.02. The van der Waals surface area contributed by atoms with Crippen LogP contribution in [0.5, 0.6) is 0 Å². The monoisotopic (exact) mass is 333 g/mol. The van der Waals surface area contributed by atoms with Crippen molar-refractivity contribution in [1.29, 1.82) is 0 Å². The third-order valence-electron chi connectivity index (χ3n) is 3.09. The van der Waals surface area contributed by atoms with Gasteiger partial charge in [-0.05, 0) is 18.6 Å². The Morgan fingerprint density at radius 2 is 1.64 bits per heavy atom. The van der Waals surface area contributed by atoms with E-state index in [1.165, 1.54) is 0 Å². The number of rotatable bonds is 4. The number of nitrogens with two attached hydrogens (primary N) is 1. The van der Waals surface area contributed by atoms with Crippen LogP contribution in [-0.2, 0) is 12.4 Å². The number of aliphatic hydroxyl groups is 1. The van der Waals surface area contributed by atoms with E-state index >= 15 is 0 Å². The van der Waals surface area contributed by atoms with E-state index < -0.39 is 47.0 Å². The normalized spacial score (nSPS) is 15.7. The lowest BCUT2D eigenvalue weighted by Gasteiger charge is -2.24. The molecule has 126 valence electrons. The van der Waals surface area contributed by atoms with Gasteiger partial charge in [-0.3, -0.25) is 0 Å². The summed E-state index contributed by atoms with van der Waals surface area (Å²) in [6, 6.07) is -2.03. The average molecular weight is 333 g/mol. The fourth-order valence-electron chi connectivity index (χ4n) is 2.02. The molecular formula is C13H14F7NO. The van der Waals surface area contributed by atoms with Gasteiger partial charge in [0.25, 0.3) is 0 Å². The Balaban J connectivity index is 3.50. The fraction of sp³-hybridized carbons (Fsp3) is 0.538. The highest BCUT2D eigenvalue weighted by Crippen LogP contribution is 2.40. The third-order valence-corrected chi connectivity index (χ3v) is 3.09. The fourth-order valence-corrected chi connectivity index (χ4v) is 2.02. The van der Waals surface area contributed by atoms with Crippen LogP contribution in [-0.4, -0.2) is 11.2 Å². The Bertz CT molecular complexity index is 524. The molecule has 0 fully saturated rings. The maximum Gasteiger partial charge on any atom is 0.416 e. The first-order chi connectivity index (χ1) is 9.89. The molecule has 0 aliphatic rings. The molecule has 3 N–H and O–H groups in total. The first-order valence-electron chi connectivity index (χ1n) is 6.31. The van der Waals surface area contributed by atoms with Crippen LogP contribution < -0.4 is 5.73 Å². The number of benzene rings is 1. The minimum atomic E-state index is -5.24. The van der Waals surface area contributed by atoms with Crippen molar-refractivity contribution in [2.45, 2.75) is 44.3 Å². The lowest BCUT2D eigenvalue weighted by atomic mass is 9.92. The maximum absolute atomic E-state index is 13.8. The SMILES string of the molecule is CCC[C@@H](O)[C@@H](N)c1c(F)cc(C(F)(F)F)cc1C(F)(F)F. The van der Waals surface area contributed by atoms with E-state index in [2.05, 4.69) is 0 Å². The Morgan fingerprint density at radius 1 is 1.09 bits per heavy atom. The molecule has 2 nitrogen and oxygen atoms in total. The number of hydrogen-bond acceptors (Lipinski definition) is 2. The van der Waals surface area contributed by atoms with Crippen molar-refractivity contribution in [2.75, 3.05) is 0 Å². The van der Waals surface area contributed by atoms with Gasteiger partial charge in [0.2, 0.25) is 0 Å². The van der Waals surface area contributed by atoms with Gasteiger partial charge in [-0.1, -0.05) is 13.3 Å². The molecule has 0 heterocycles. The van der Waals surface area contributed by atoms with Crippen LogP contribution in [0.25, 0.3) is 0 Å². The van der Waals surface area contributed by atoms with Crippen molar-refractivity contribution in [3.63, 3.8) is 0 Å². The molecule has 0 saturated heterocycles. The summed E-state index contributed by atoms with van der Waals surface area (Å²) < 4.78 is 90.2. The minimum absolute atomic E-state index is 0.0150. The Labute approximate surface area is 121 Å². The van der Waals surface area contributed by atoms with E-state index in [0.29, 0.717) is 6.42 Å². The summed E-state index contributed by atoms with van der Waals surface area (Å²) in [6.45, 7) is 1.61. The second-order valence-electron chi connectivity index (χ2n) is 4.80. The van der Waals surface area contributed by atoms with E-state index in [1.807, 2.05) is 0 Å². The molecule has 0 aromatic heterocycles. The van der Waals surface area contributed by atoms with E-state index in [9.17, 15) is 35.8 Å². The van der Waals surface area contributed by atoms with Gasteiger partial charge < -0.3 is 10.8 Å². The molecule has 0 aliphatic heterocycles. The summed E-state index contributed by atoms with van der Waals surface area (Å²) in [4.78, 5) is 0. The molecule has 0 bridgehead atoms. The van der Waals surface area contributed by atoms with Crippen molar-refractivity contribution in [2.24, 2.45) is 5.73 Å². The first kappa shape index (κ1) is 18.7. The van der Waals surface area contributed by atoms with Gasteiger partial charge in [0.15, 0.2) is 0 Å². The largest absolute Gasteiger partial charge is 0.416 e. The van der Waals surface area contributed by atoms with E-state index in [0.717, 1.165) is 0 Å². The molecule has 0 saturated carbocycles. The smallest absolute Gasteiger partial charge is 0.391 e. The molecule has 1 rings (SSSR count). The van der Waals surface area contributed by atoms with Gasteiger partial charge in [0.05, 0.1) is 23.3 Å². The molecule has 0 amide bonds. The molecule has 1 aromatic rings. The Morgan fingerprint density at radius 3 is 2.05 bits per heavy atom. The highest BCUT2D eigenvalue weighted by molar-refractivity contribution is 5.39. The topological polar surface area (TPSA) is 46.2 Å². The molecule has 0 radical (unpaired) electrons. The second-order valence-corrected chi connectivity index (χ2v) is 4.80. The average Bonchev–Trinajstić information content (AvgIpc) is 2.35. The van der Waals surface area contributed by atoms with Gasteiger partial charge in [-0.15, -0.1) is 0 Å². The summed E-state index contributed by atoms with van der Waals surface area (Å²) in [7, 11) is 0. The van der Waals surface area contributed by atoms with Crippen molar-refractivity contribution < 1.29 is 35.8 Å². The van der Waals surface area contributed by atoms with E-state index in [1.54, 1.807) is 6.92 Å². The number of hydrogen-bond donors (Lipinski definition) is 2. The van der Waals surface area contributed by atoms with Crippen LogP contribution in [0.1, 0.15) is 42.5 Å². The van der Waals surface area contributed by atoms with Crippen molar-refractivity contribution in [1.82, 2.24) is 0 Å². The van der Waals surface area contributed by atoms with Crippen LogP contribution in [0.4, 0.5) is 30.7 Å². The third kappa shape index (κ3) is 4.10. The standard InChI is InChI=1S/C13H14F7NO/c1-2-3-9(22)11(21)10-7(13(18,19)20)4-6(5-8(10)14)12(15,16)17/h4-5,9,11,22H,2-3,21H2,1H3/t9-,11-/m1/s1. The zero-order valence-electron chi connectivity index (χ0n) is 11.4. The van der Waals surface area contributed by atoms with Gasteiger partial charge >= 0.3 is 12.4 Å². The van der Waals surface area contributed by atoms with E-state index in [4.69, 9.17) is 5.73 Å². The quantitative estimate of drug-likeness (QED) is 0.818. The van der Waals surface area contributed by atoms with Crippen LogP contribution in [0.3, 0.4) is 0 Å². The Hall–Kier alpha value is -1.35. The lowest BCUT2D eigenvalue weighted by Crippen LogP contribution is -2.30. The molecule has 0 aliphatic carbocycles. The number of alkyl halides is 6. The second kappa shape index (κ2) is 6.41. The zero-order valence-corrected chi connectivity index (χ0v) is 11.4. The van der Waals surface area contributed by atoms with Crippen LogP contribution >= 0.6 is 0 Å². The molecule has 2 atom stereocenters. The van der Waals surface area contributed by atoms with Crippen molar-refractivity contribution >= 4 is 0 Å². The molecule has 9 heteroatoms. The van der Waals surface area contributed by atoms with Gasteiger partial charge in [0.1, 0.15) is 5.82 Å². The van der Waals surface area contributed by atoms with Crippen molar-refractivity contribution in [3.8, 4) is 0 Å². The number of aliphatic hydroxyl groups excluding tert-OH is 1. The summed E-state index contributed by atoms with van der Waals surface area (Å²) in [5.74, 6) is -1.75. The lowest BCUT2D eigenvalue weighted by molar-refractivity contribution is -0.144. The highest BCUT2D eigenvalue weighted by atomic mass is 19.4. The first-order valence-corrected chi connectivity index (χ1v) is 6.31. The van der Waals surface area contributed by atoms with Gasteiger partial charge in [-0.2, -0.15) is 26.3 Å². The molecule has 1 aromatic carbocycles. The summed E-state index contributed by atoms with van der Waals surface area (Å²) in [6.07, 6.45) is -11.5. The van der Waals surface area contributed by atoms with E-state index in [-0.39, 0.29) is 18.6 Å². The van der Waals surface area contributed by atoms with Crippen molar-refractivity contribution in [3.05, 3.63) is 34.6 Å². The maximum atomic E-state index is 13.8. The summed E-state index contributed by atoms with van der Waals surface area (Å²) >= 11 is 0. The number of halogens is 7. The highest BCUT2D eigenvalue weighted by Gasteiger charge is 2.41. The molecule has 22 heavy (non-hydrogen) atoms. The van der Waals surface area contributed by atoms with Crippen LogP contribution in [0, 0.1) is 5.82 Å². The summed E-state index contributed by atoms with van der Waals surface area (Å²) in [5.41, 5.74) is 0.649. The molecular weight excluding hydrogens is 319 g/mol. The Kier molecular flexibility index (Phi) is 5.45. The minimum Gasteiger partial charge on any atom is -0.391 e. The van der Waals surface area contributed by atoms with Crippen LogP contribution in [0.2, 0.25) is 0 Å². The zero-order chi connectivity index (χ0) is 17.3. The summed E-state index contributed by atoms with van der Waals surface area (Å²) in [5, 5.41) is 9.63. The van der Waals surface area contributed by atoms with Gasteiger partial charge in [0, 0.05) is 5.56 Å². The molecule has 0 spiro atoms.